The highest BCUT2D eigenvalue weighted by Gasteiger charge is 2.13. The average Bonchev–Trinajstić information content (AvgIpc) is 2.84. The van der Waals surface area contributed by atoms with Crippen LogP contribution in [-0.2, 0) is 16.1 Å². The van der Waals surface area contributed by atoms with Gasteiger partial charge in [-0.05, 0) is 68.2 Å². The third-order valence-electron chi connectivity index (χ3n) is 5.13. The Morgan fingerprint density at radius 1 is 0.824 bits per heavy atom. The van der Waals surface area contributed by atoms with E-state index in [-0.39, 0.29) is 18.4 Å². The molecule has 0 bridgehead atoms. The Morgan fingerprint density at radius 3 is 2.09 bits per heavy atom. The van der Waals surface area contributed by atoms with Gasteiger partial charge in [0.1, 0.15) is 11.5 Å². The summed E-state index contributed by atoms with van der Waals surface area (Å²) in [6, 6.07) is 24.1. The minimum Gasteiger partial charge on any atom is -0.465 e. The van der Waals surface area contributed by atoms with Crippen LogP contribution in [0.3, 0.4) is 0 Å². The first-order valence-corrected chi connectivity index (χ1v) is 11.1. The van der Waals surface area contributed by atoms with Crippen molar-refractivity contribution < 1.29 is 19.1 Å². The molecule has 0 aliphatic carbocycles. The fourth-order valence-electron chi connectivity index (χ4n) is 3.31. The normalized spacial score (nSPS) is 10.9. The molecular formula is C27H31N3O4. The summed E-state index contributed by atoms with van der Waals surface area (Å²) in [5.41, 5.74) is 2.23. The van der Waals surface area contributed by atoms with Gasteiger partial charge in [-0.15, -0.1) is 0 Å². The summed E-state index contributed by atoms with van der Waals surface area (Å²) in [4.78, 5) is 28.6. The number of nitrogens with one attached hydrogen (secondary N) is 1. The summed E-state index contributed by atoms with van der Waals surface area (Å²) in [6.07, 6.45) is 0. The van der Waals surface area contributed by atoms with E-state index < -0.39 is 0 Å². The standard InChI is InChI=1S/C27H31N3O4/c1-29(2)17-18-30(19-21-9-11-22(12-10-21)27(32)33-3)20-26(31)28-23-13-15-25(16-14-23)34-24-7-5-4-6-8-24/h4-16H,17-20H2,1-3H3,(H,28,31). The van der Waals surface area contributed by atoms with Gasteiger partial charge in [0.2, 0.25) is 5.91 Å². The minimum atomic E-state index is -0.365. The predicted octanol–water partition coefficient (Wildman–Crippen LogP) is 4.27. The number of rotatable bonds is 11. The van der Waals surface area contributed by atoms with Crippen LogP contribution in [0.1, 0.15) is 15.9 Å². The topological polar surface area (TPSA) is 71.1 Å². The lowest BCUT2D eigenvalue weighted by molar-refractivity contribution is -0.117. The minimum absolute atomic E-state index is 0.0957. The zero-order valence-corrected chi connectivity index (χ0v) is 19.9. The van der Waals surface area contributed by atoms with Gasteiger partial charge < -0.3 is 19.7 Å². The van der Waals surface area contributed by atoms with E-state index in [2.05, 4.69) is 15.1 Å². The second-order valence-electron chi connectivity index (χ2n) is 8.19. The second-order valence-corrected chi connectivity index (χ2v) is 8.19. The van der Waals surface area contributed by atoms with Crippen molar-refractivity contribution in [2.75, 3.05) is 46.2 Å². The van der Waals surface area contributed by atoms with Gasteiger partial charge >= 0.3 is 5.97 Å². The van der Waals surface area contributed by atoms with Gasteiger partial charge in [0.05, 0.1) is 19.2 Å². The molecule has 3 aromatic rings. The Labute approximate surface area is 200 Å². The molecule has 0 saturated carbocycles. The Bertz CT molecular complexity index is 1050. The Morgan fingerprint density at radius 2 is 1.47 bits per heavy atom. The molecule has 0 radical (unpaired) electrons. The molecule has 0 aliphatic rings. The highest BCUT2D eigenvalue weighted by atomic mass is 16.5. The maximum Gasteiger partial charge on any atom is 0.337 e. The monoisotopic (exact) mass is 461 g/mol. The summed E-state index contributed by atoms with van der Waals surface area (Å²) in [6.45, 7) is 2.38. The fraction of sp³-hybridized carbons (Fsp3) is 0.259. The van der Waals surface area contributed by atoms with E-state index in [0.29, 0.717) is 23.5 Å². The Hall–Kier alpha value is -3.68. The van der Waals surface area contributed by atoms with Crippen LogP contribution in [0.15, 0.2) is 78.9 Å². The number of hydrogen-bond donors (Lipinski definition) is 1. The molecule has 3 rings (SSSR count). The number of carbonyl (C=O) groups excluding carboxylic acids is 2. The van der Waals surface area contributed by atoms with Crippen molar-refractivity contribution in [2.24, 2.45) is 0 Å². The van der Waals surface area contributed by atoms with Crippen LogP contribution in [0.5, 0.6) is 11.5 Å². The van der Waals surface area contributed by atoms with Crippen LogP contribution in [0.4, 0.5) is 5.69 Å². The van der Waals surface area contributed by atoms with Crippen molar-refractivity contribution >= 4 is 17.6 Å². The number of benzene rings is 3. The number of hydrogen-bond acceptors (Lipinski definition) is 6. The molecule has 0 aliphatic heterocycles. The van der Waals surface area contributed by atoms with Crippen molar-refractivity contribution in [2.45, 2.75) is 6.54 Å². The molecule has 0 atom stereocenters. The van der Waals surface area contributed by atoms with Gasteiger partial charge in [-0.2, -0.15) is 0 Å². The van der Waals surface area contributed by atoms with Crippen molar-refractivity contribution in [3.8, 4) is 11.5 Å². The SMILES string of the molecule is COC(=O)c1ccc(CN(CCN(C)C)CC(=O)Nc2ccc(Oc3ccccc3)cc2)cc1. The maximum absolute atomic E-state index is 12.8. The summed E-state index contributed by atoms with van der Waals surface area (Å²) in [7, 11) is 5.37. The van der Waals surface area contributed by atoms with Crippen LogP contribution >= 0.6 is 0 Å². The zero-order chi connectivity index (χ0) is 24.3. The molecule has 0 fully saturated rings. The zero-order valence-electron chi connectivity index (χ0n) is 19.9. The quantitative estimate of drug-likeness (QED) is 0.430. The first-order valence-electron chi connectivity index (χ1n) is 11.1. The molecule has 3 aromatic carbocycles. The first-order chi connectivity index (χ1) is 16.4. The van der Waals surface area contributed by atoms with Crippen molar-refractivity contribution in [1.29, 1.82) is 0 Å². The van der Waals surface area contributed by atoms with Crippen LogP contribution < -0.4 is 10.1 Å². The molecule has 0 unspecified atom stereocenters. The van der Waals surface area contributed by atoms with E-state index in [1.165, 1.54) is 7.11 Å². The second kappa shape index (κ2) is 12.5. The summed E-state index contributed by atoms with van der Waals surface area (Å²) in [5, 5.41) is 2.96. The van der Waals surface area contributed by atoms with Crippen LogP contribution in [-0.4, -0.2) is 62.5 Å². The van der Waals surface area contributed by atoms with Gasteiger partial charge in [-0.3, -0.25) is 9.69 Å². The van der Waals surface area contributed by atoms with Crippen LogP contribution in [0.25, 0.3) is 0 Å². The molecule has 0 heterocycles. The summed E-state index contributed by atoms with van der Waals surface area (Å²) < 4.78 is 10.6. The third-order valence-corrected chi connectivity index (χ3v) is 5.13. The molecule has 34 heavy (non-hydrogen) atoms. The lowest BCUT2D eigenvalue weighted by Crippen LogP contribution is -2.37. The van der Waals surface area contributed by atoms with Crippen LogP contribution in [0, 0.1) is 0 Å². The van der Waals surface area contributed by atoms with E-state index in [4.69, 9.17) is 9.47 Å². The molecule has 0 saturated heterocycles. The number of methoxy groups -OCH3 is 1. The Kier molecular flexibility index (Phi) is 9.20. The third kappa shape index (κ3) is 8.03. The molecular weight excluding hydrogens is 430 g/mol. The van der Waals surface area contributed by atoms with Crippen LogP contribution in [0.2, 0.25) is 0 Å². The number of para-hydroxylation sites is 1. The van der Waals surface area contributed by atoms with E-state index >= 15 is 0 Å². The number of amides is 1. The first kappa shape index (κ1) is 25.0. The van der Waals surface area contributed by atoms with Gasteiger partial charge in [-0.25, -0.2) is 4.79 Å². The van der Waals surface area contributed by atoms with Crippen molar-refractivity contribution in [1.82, 2.24) is 9.80 Å². The lowest BCUT2D eigenvalue weighted by Gasteiger charge is -2.24. The highest BCUT2D eigenvalue weighted by Crippen LogP contribution is 2.22. The van der Waals surface area contributed by atoms with E-state index in [0.717, 1.165) is 24.4 Å². The molecule has 7 nitrogen and oxygen atoms in total. The van der Waals surface area contributed by atoms with Gasteiger partial charge in [0.25, 0.3) is 0 Å². The molecule has 7 heteroatoms. The number of likely N-dealkylation sites (N-methyl/N-ethyl adjacent to an activating group) is 1. The molecule has 1 amide bonds. The lowest BCUT2D eigenvalue weighted by atomic mass is 10.1. The highest BCUT2D eigenvalue weighted by molar-refractivity contribution is 5.92. The van der Waals surface area contributed by atoms with Crippen molar-refractivity contribution in [3.63, 3.8) is 0 Å². The number of nitrogens with zero attached hydrogens (tertiary/aromatic N) is 2. The van der Waals surface area contributed by atoms with Crippen molar-refractivity contribution in [3.05, 3.63) is 90.0 Å². The van der Waals surface area contributed by atoms with Gasteiger partial charge in [-0.1, -0.05) is 30.3 Å². The fourth-order valence-corrected chi connectivity index (χ4v) is 3.31. The van der Waals surface area contributed by atoms with E-state index in [9.17, 15) is 9.59 Å². The molecule has 0 aromatic heterocycles. The number of anilines is 1. The van der Waals surface area contributed by atoms with Gasteiger partial charge in [0, 0.05) is 25.3 Å². The Balaban J connectivity index is 1.58. The molecule has 1 N–H and O–H groups in total. The average molecular weight is 462 g/mol. The molecule has 0 spiro atoms. The summed E-state index contributed by atoms with van der Waals surface area (Å²) in [5.74, 6) is 1.000. The smallest absolute Gasteiger partial charge is 0.337 e. The van der Waals surface area contributed by atoms with Gasteiger partial charge in [0.15, 0.2) is 0 Å². The van der Waals surface area contributed by atoms with E-state index in [1.807, 2.05) is 80.8 Å². The summed E-state index contributed by atoms with van der Waals surface area (Å²) >= 11 is 0. The number of carbonyl (C=O) groups is 2. The predicted molar refractivity (Wildman–Crippen MR) is 133 cm³/mol. The van der Waals surface area contributed by atoms with E-state index in [1.54, 1.807) is 12.1 Å². The molecule has 178 valence electrons. The number of ether oxygens (including phenoxy) is 2. The number of esters is 1. The largest absolute Gasteiger partial charge is 0.465 e. The maximum atomic E-state index is 12.8.